The topological polar surface area (TPSA) is 64.9 Å². The van der Waals surface area contributed by atoms with E-state index in [-0.39, 0.29) is 0 Å². The first-order valence-electron chi connectivity index (χ1n) is 6.48. The minimum Gasteiger partial charge on any atom is -0.334 e. The summed E-state index contributed by atoms with van der Waals surface area (Å²) in [7, 11) is 0. The maximum absolute atomic E-state index is 6.34. The number of nitrogens with two attached hydrogens (primary N) is 1. The minimum atomic E-state index is -0.404. The van der Waals surface area contributed by atoms with E-state index >= 15 is 0 Å². The van der Waals surface area contributed by atoms with Gasteiger partial charge in [-0.05, 0) is 53.4 Å². The third-order valence-corrected chi connectivity index (χ3v) is 4.38. The van der Waals surface area contributed by atoms with Crippen molar-refractivity contribution in [3.63, 3.8) is 0 Å². The van der Waals surface area contributed by atoms with Crippen molar-refractivity contribution in [1.82, 2.24) is 10.1 Å². The van der Waals surface area contributed by atoms with Crippen LogP contribution in [0.5, 0.6) is 0 Å². The molecule has 0 saturated heterocycles. The van der Waals surface area contributed by atoms with E-state index in [0.717, 1.165) is 35.7 Å². The largest absolute Gasteiger partial charge is 0.334 e. The van der Waals surface area contributed by atoms with Gasteiger partial charge in [-0.2, -0.15) is 4.98 Å². The Labute approximate surface area is 120 Å². The van der Waals surface area contributed by atoms with E-state index in [2.05, 4.69) is 26.1 Å². The number of aryl methyl sites for hydroxylation is 1. The summed E-state index contributed by atoms with van der Waals surface area (Å²) < 4.78 is 6.34. The number of hydrogen-bond donors (Lipinski definition) is 1. The second kappa shape index (κ2) is 4.72. The SMILES string of the molecule is Cc1ccc(-c2nc(C3(N)CCCC3)no2)c(Br)c1. The van der Waals surface area contributed by atoms with Crippen LogP contribution in [0.1, 0.15) is 37.1 Å². The molecule has 0 unspecified atom stereocenters. The zero-order chi connectivity index (χ0) is 13.5. The first kappa shape index (κ1) is 12.8. The van der Waals surface area contributed by atoms with E-state index in [0.29, 0.717) is 11.7 Å². The Kier molecular flexibility index (Phi) is 3.19. The molecule has 1 aromatic carbocycles. The van der Waals surface area contributed by atoms with Crippen LogP contribution in [0.3, 0.4) is 0 Å². The Morgan fingerprint density at radius 2 is 2.05 bits per heavy atom. The first-order valence-corrected chi connectivity index (χ1v) is 7.27. The van der Waals surface area contributed by atoms with Gasteiger partial charge in [-0.15, -0.1) is 0 Å². The molecule has 0 spiro atoms. The van der Waals surface area contributed by atoms with Gasteiger partial charge in [0.05, 0.1) is 11.1 Å². The van der Waals surface area contributed by atoms with E-state index in [1.165, 1.54) is 5.56 Å². The van der Waals surface area contributed by atoms with Gasteiger partial charge in [-0.25, -0.2) is 0 Å². The van der Waals surface area contributed by atoms with E-state index in [1.54, 1.807) is 0 Å². The molecule has 5 heteroatoms. The lowest BCUT2D eigenvalue weighted by molar-refractivity contribution is 0.372. The van der Waals surface area contributed by atoms with Crippen molar-refractivity contribution in [2.45, 2.75) is 38.1 Å². The summed E-state index contributed by atoms with van der Waals surface area (Å²) in [6, 6.07) is 6.04. The van der Waals surface area contributed by atoms with Crippen LogP contribution in [0, 0.1) is 6.92 Å². The van der Waals surface area contributed by atoms with Crippen molar-refractivity contribution in [3.8, 4) is 11.5 Å². The Hall–Kier alpha value is -1.20. The molecule has 2 aromatic rings. The highest BCUT2D eigenvalue weighted by molar-refractivity contribution is 9.10. The first-order chi connectivity index (χ1) is 9.08. The van der Waals surface area contributed by atoms with Crippen LogP contribution < -0.4 is 5.73 Å². The van der Waals surface area contributed by atoms with Gasteiger partial charge in [0.25, 0.3) is 5.89 Å². The number of halogens is 1. The minimum absolute atomic E-state index is 0.404. The highest BCUT2D eigenvalue weighted by Gasteiger charge is 2.36. The molecule has 4 nitrogen and oxygen atoms in total. The maximum atomic E-state index is 6.34. The van der Waals surface area contributed by atoms with Gasteiger partial charge in [0.1, 0.15) is 0 Å². The molecule has 19 heavy (non-hydrogen) atoms. The number of benzene rings is 1. The van der Waals surface area contributed by atoms with Gasteiger partial charge < -0.3 is 10.3 Å². The van der Waals surface area contributed by atoms with Gasteiger partial charge in [0, 0.05) is 4.47 Å². The molecular weight excluding hydrogens is 306 g/mol. The van der Waals surface area contributed by atoms with Gasteiger partial charge in [0.15, 0.2) is 5.82 Å². The zero-order valence-corrected chi connectivity index (χ0v) is 12.4. The smallest absolute Gasteiger partial charge is 0.259 e. The molecular formula is C14H16BrN3O. The van der Waals surface area contributed by atoms with Crippen molar-refractivity contribution in [1.29, 1.82) is 0 Å². The molecule has 0 bridgehead atoms. The predicted molar refractivity (Wildman–Crippen MR) is 76.5 cm³/mol. The molecule has 1 aromatic heterocycles. The van der Waals surface area contributed by atoms with Crippen LogP contribution in [-0.4, -0.2) is 10.1 Å². The highest BCUT2D eigenvalue weighted by Crippen LogP contribution is 2.36. The molecule has 1 fully saturated rings. The normalized spacial score (nSPS) is 17.8. The van der Waals surface area contributed by atoms with Crippen molar-refractivity contribution >= 4 is 15.9 Å². The van der Waals surface area contributed by atoms with Gasteiger partial charge in [0.2, 0.25) is 0 Å². The van der Waals surface area contributed by atoms with Crippen LogP contribution in [0.15, 0.2) is 27.2 Å². The summed E-state index contributed by atoms with van der Waals surface area (Å²) >= 11 is 3.53. The van der Waals surface area contributed by atoms with Crippen molar-refractivity contribution < 1.29 is 4.52 Å². The van der Waals surface area contributed by atoms with Crippen LogP contribution >= 0.6 is 15.9 Å². The molecule has 1 heterocycles. The fourth-order valence-electron chi connectivity index (χ4n) is 2.56. The Morgan fingerprint density at radius 1 is 1.32 bits per heavy atom. The van der Waals surface area contributed by atoms with Gasteiger partial charge in [-0.1, -0.05) is 24.1 Å². The number of hydrogen-bond acceptors (Lipinski definition) is 4. The van der Waals surface area contributed by atoms with Crippen molar-refractivity contribution in [3.05, 3.63) is 34.1 Å². The zero-order valence-electron chi connectivity index (χ0n) is 10.8. The lowest BCUT2D eigenvalue weighted by Gasteiger charge is -2.17. The van der Waals surface area contributed by atoms with Crippen LogP contribution in [0.2, 0.25) is 0 Å². The second-order valence-corrected chi connectivity index (χ2v) is 6.12. The molecule has 0 atom stereocenters. The third-order valence-electron chi connectivity index (χ3n) is 3.72. The number of aromatic nitrogens is 2. The Bertz CT molecular complexity index is 602. The van der Waals surface area contributed by atoms with E-state index in [4.69, 9.17) is 10.3 Å². The lowest BCUT2D eigenvalue weighted by atomic mass is 9.99. The quantitative estimate of drug-likeness (QED) is 0.918. The van der Waals surface area contributed by atoms with Crippen molar-refractivity contribution in [2.24, 2.45) is 5.73 Å². The summed E-state index contributed by atoms with van der Waals surface area (Å²) in [5.74, 6) is 1.16. The summed E-state index contributed by atoms with van der Waals surface area (Å²) in [5, 5.41) is 4.08. The van der Waals surface area contributed by atoms with Gasteiger partial charge >= 0.3 is 0 Å². The molecule has 100 valence electrons. The molecule has 3 rings (SSSR count). The average Bonchev–Trinajstić information content (AvgIpc) is 2.99. The second-order valence-electron chi connectivity index (χ2n) is 5.27. The Balaban J connectivity index is 1.97. The average molecular weight is 322 g/mol. The molecule has 1 saturated carbocycles. The fraction of sp³-hybridized carbons (Fsp3) is 0.429. The lowest BCUT2D eigenvalue weighted by Crippen LogP contribution is -2.34. The number of rotatable bonds is 2. The molecule has 0 amide bonds. The van der Waals surface area contributed by atoms with Gasteiger partial charge in [-0.3, -0.25) is 0 Å². The summed E-state index contributed by atoms with van der Waals surface area (Å²) in [6.45, 7) is 2.04. The molecule has 1 aliphatic carbocycles. The van der Waals surface area contributed by atoms with Crippen LogP contribution in [0.25, 0.3) is 11.5 Å². The molecule has 0 radical (unpaired) electrons. The van der Waals surface area contributed by atoms with E-state index < -0.39 is 5.54 Å². The highest BCUT2D eigenvalue weighted by atomic mass is 79.9. The predicted octanol–water partition coefficient (Wildman–Crippen LogP) is 3.54. The molecule has 1 aliphatic rings. The number of nitrogens with zero attached hydrogens (tertiary/aromatic N) is 2. The van der Waals surface area contributed by atoms with Crippen LogP contribution in [0.4, 0.5) is 0 Å². The monoisotopic (exact) mass is 321 g/mol. The fourth-order valence-corrected chi connectivity index (χ4v) is 3.22. The van der Waals surface area contributed by atoms with Crippen LogP contribution in [-0.2, 0) is 5.54 Å². The van der Waals surface area contributed by atoms with E-state index in [9.17, 15) is 0 Å². The third kappa shape index (κ3) is 2.32. The summed E-state index contributed by atoms with van der Waals surface area (Å²) in [4.78, 5) is 4.49. The van der Waals surface area contributed by atoms with Crippen molar-refractivity contribution in [2.75, 3.05) is 0 Å². The Morgan fingerprint density at radius 3 is 2.74 bits per heavy atom. The standard InChI is InChI=1S/C14H16BrN3O/c1-9-4-5-10(11(15)8-9)12-17-13(18-19-12)14(16)6-2-3-7-14/h4-5,8H,2-3,6-7,16H2,1H3. The maximum Gasteiger partial charge on any atom is 0.259 e. The molecule has 0 aliphatic heterocycles. The summed E-state index contributed by atoms with van der Waals surface area (Å²) in [6.07, 6.45) is 4.13. The molecule has 2 N–H and O–H groups in total. The summed E-state index contributed by atoms with van der Waals surface area (Å²) in [5.41, 5.74) is 8.02. The van der Waals surface area contributed by atoms with E-state index in [1.807, 2.05) is 25.1 Å².